The van der Waals surface area contributed by atoms with Crippen molar-refractivity contribution in [3.8, 4) is 5.69 Å². The molecule has 1 saturated heterocycles. The molecule has 1 aliphatic heterocycles. The molecule has 10 heteroatoms. The summed E-state index contributed by atoms with van der Waals surface area (Å²) in [6.45, 7) is 2.61. The maximum absolute atomic E-state index is 13.2. The van der Waals surface area contributed by atoms with Crippen LogP contribution in [0, 0.1) is 12.7 Å². The second kappa shape index (κ2) is 9.01. The highest BCUT2D eigenvalue weighted by Gasteiger charge is 2.32. The summed E-state index contributed by atoms with van der Waals surface area (Å²) in [4.78, 5) is 14.7. The van der Waals surface area contributed by atoms with E-state index in [1.54, 1.807) is 36.1 Å². The Morgan fingerprint density at radius 1 is 1.03 bits per heavy atom. The van der Waals surface area contributed by atoms with Crippen molar-refractivity contribution >= 4 is 27.5 Å². The number of aromatic nitrogens is 2. The van der Waals surface area contributed by atoms with Gasteiger partial charge in [0.25, 0.3) is 5.91 Å². The topological polar surface area (TPSA) is 75.5 Å². The number of halogens is 2. The van der Waals surface area contributed by atoms with Crippen LogP contribution in [0.15, 0.2) is 54.6 Å². The molecule has 1 fully saturated rings. The number of carbonyl (C=O) groups excluding carboxylic acids is 1. The Balaban J connectivity index is 1.46. The fraction of sp³-hybridized carbons (Fsp3) is 0.273. The standard InChI is InChI=1S/C22H22ClFN4O3S/c1-16-20(21(23)28(25-16)19-9-7-18(24)8-10-19)22(29)26-11-13-27(14-12-26)32(30,31)15-17-5-3-2-4-6-17/h2-10H,11-15H2,1H3. The molecule has 0 bridgehead atoms. The summed E-state index contributed by atoms with van der Waals surface area (Å²) in [6.07, 6.45) is 0. The highest BCUT2D eigenvalue weighted by atomic mass is 35.5. The van der Waals surface area contributed by atoms with Gasteiger partial charge in [0.1, 0.15) is 11.0 Å². The van der Waals surface area contributed by atoms with Crippen LogP contribution in [0.5, 0.6) is 0 Å². The second-order valence-electron chi connectivity index (χ2n) is 7.57. The minimum atomic E-state index is -3.48. The van der Waals surface area contributed by atoms with Gasteiger partial charge in [-0.3, -0.25) is 4.79 Å². The van der Waals surface area contributed by atoms with Crippen LogP contribution in [0.25, 0.3) is 5.69 Å². The summed E-state index contributed by atoms with van der Waals surface area (Å²) < 4.78 is 41.5. The number of hydrogen-bond acceptors (Lipinski definition) is 4. The fourth-order valence-electron chi connectivity index (χ4n) is 3.70. The lowest BCUT2D eigenvalue weighted by atomic mass is 10.2. The molecule has 3 aromatic rings. The van der Waals surface area contributed by atoms with Gasteiger partial charge in [-0.2, -0.15) is 9.40 Å². The van der Waals surface area contributed by atoms with Crippen molar-refractivity contribution in [2.75, 3.05) is 26.2 Å². The van der Waals surface area contributed by atoms with E-state index in [2.05, 4.69) is 5.10 Å². The lowest BCUT2D eigenvalue weighted by Crippen LogP contribution is -2.50. The van der Waals surface area contributed by atoms with Crippen LogP contribution in [-0.2, 0) is 15.8 Å². The minimum absolute atomic E-state index is 0.0723. The summed E-state index contributed by atoms with van der Waals surface area (Å²) >= 11 is 6.46. The quantitative estimate of drug-likeness (QED) is 0.566. The normalized spacial score (nSPS) is 15.2. The molecule has 2 heterocycles. The monoisotopic (exact) mass is 476 g/mol. The Hall–Kier alpha value is -2.75. The third kappa shape index (κ3) is 4.55. The van der Waals surface area contributed by atoms with Crippen LogP contribution >= 0.6 is 11.6 Å². The zero-order valence-corrected chi connectivity index (χ0v) is 19.0. The lowest BCUT2D eigenvalue weighted by Gasteiger charge is -2.34. The molecule has 2 aromatic carbocycles. The lowest BCUT2D eigenvalue weighted by molar-refractivity contribution is 0.0697. The summed E-state index contributed by atoms with van der Waals surface area (Å²) in [5.41, 5.74) is 1.97. The van der Waals surface area contributed by atoms with Crippen LogP contribution in [0.2, 0.25) is 5.15 Å². The fourth-order valence-corrected chi connectivity index (χ4v) is 5.57. The number of hydrogen-bond donors (Lipinski definition) is 0. The molecule has 1 aromatic heterocycles. The number of sulfonamides is 1. The number of rotatable bonds is 5. The predicted molar refractivity (Wildman–Crippen MR) is 120 cm³/mol. The first kappa shape index (κ1) is 22.4. The molecule has 1 aliphatic rings. The molecular weight excluding hydrogens is 455 g/mol. The predicted octanol–water partition coefficient (Wildman–Crippen LogP) is 3.26. The Labute approximate surface area is 191 Å². The van der Waals surface area contributed by atoms with Crippen LogP contribution < -0.4 is 0 Å². The number of piperazine rings is 1. The maximum atomic E-state index is 13.2. The zero-order valence-electron chi connectivity index (χ0n) is 17.4. The van der Waals surface area contributed by atoms with Gasteiger partial charge in [0.15, 0.2) is 0 Å². The highest BCUT2D eigenvalue weighted by Crippen LogP contribution is 2.26. The first-order valence-electron chi connectivity index (χ1n) is 10.1. The smallest absolute Gasteiger partial charge is 0.258 e. The van der Waals surface area contributed by atoms with Crippen molar-refractivity contribution in [1.82, 2.24) is 19.0 Å². The third-order valence-electron chi connectivity index (χ3n) is 5.40. The van der Waals surface area contributed by atoms with Crippen molar-refractivity contribution < 1.29 is 17.6 Å². The molecule has 0 atom stereocenters. The molecule has 168 valence electrons. The van der Waals surface area contributed by atoms with E-state index >= 15 is 0 Å². The van der Waals surface area contributed by atoms with E-state index in [4.69, 9.17) is 11.6 Å². The van der Waals surface area contributed by atoms with E-state index in [0.717, 1.165) is 5.56 Å². The number of amides is 1. The van der Waals surface area contributed by atoms with E-state index in [0.29, 0.717) is 11.4 Å². The van der Waals surface area contributed by atoms with Crippen molar-refractivity contribution in [3.05, 3.63) is 82.4 Å². The molecule has 0 unspecified atom stereocenters. The first-order chi connectivity index (χ1) is 15.3. The molecule has 0 radical (unpaired) electrons. The summed E-state index contributed by atoms with van der Waals surface area (Å²) in [5, 5.41) is 4.47. The SMILES string of the molecule is Cc1nn(-c2ccc(F)cc2)c(Cl)c1C(=O)N1CCN(S(=O)(=O)Cc2ccccc2)CC1. The zero-order chi connectivity index (χ0) is 22.9. The van der Waals surface area contributed by atoms with Gasteiger partial charge >= 0.3 is 0 Å². The van der Waals surface area contributed by atoms with Crippen LogP contribution in [-0.4, -0.2) is 59.5 Å². The number of benzene rings is 2. The molecular formula is C22H22ClFN4O3S. The largest absolute Gasteiger partial charge is 0.336 e. The third-order valence-corrected chi connectivity index (χ3v) is 7.60. The van der Waals surface area contributed by atoms with E-state index in [9.17, 15) is 17.6 Å². The Kier molecular flexibility index (Phi) is 6.32. The summed E-state index contributed by atoms with van der Waals surface area (Å²) in [7, 11) is -3.48. The Morgan fingerprint density at radius 3 is 2.28 bits per heavy atom. The molecule has 0 spiro atoms. The van der Waals surface area contributed by atoms with Gasteiger partial charge in [0.2, 0.25) is 10.0 Å². The van der Waals surface area contributed by atoms with Crippen molar-refractivity contribution in [3.63, 3.8) is 0 Å². The molecule has 32 heavy (non-hydrogen) atoms. The van der Waals surface area contributed by atoms with E-state index in [-0.39, 0.29) is 54.4 Å². The van der Waals surface area contributed by atoms with E-state index in [1.165, 1.54) is 33.3 Å². The van der Waals surface area contributed by atoms with Gasteiger partial charge in [-0.15, -0.1) is 0 Å². The molecule has 0 aliphatic carbocycles. The summed E-state index contributed by atoms with van der Waals surface area (Å²) in [6, 6.07) is 14.6. The van der Waals surface area contributed by atoms with Crippen molar-refractivity contribution in [2.24, 2.45) is 0 Å². The Bertz CT molecular complexity index is 1220. The second-order valence-corrected chi connectivity index (χ2v) is 9.90. The van der Waals surface area contributed by atoms with E-state index in [1.807, 2.05) is 6.07 Å². The van der Waals surface area contributed by atoms with Crippen LogP contribution in [0.1, 0.15) is 21.6 Å². The average molecular weight is 477 g/mol. The van der Waals surface area contributed by atoms with Crippen molar-refractivity contribution in [2.45, 2.75) is 12.7 Å². The Morgan fingerprint density at radius 2 is 1.66 bits per heavy atom. The van der Waals surface area contributed by atoms with Crippen LogP contribution in [0.3, 0.4) is 0 Å². The van der Waals surface area contributed by atoms with Gasteiger partial charge in [-0.1, -0.05) is 41.9 Å². The average Bonchev–Trinajstić information content (AvgIpc) is 3.08. The molecule has 4 rings (SSSR count). The van der Waals surface area contributed by atoms with E-state index < -0.39 is 10.0 Å². The molecule has 0 N–H and O–H groups in total. The minimum Gasteiger partial charge on any atom is -0.336 e. The van der Waals surface area contributed by atoms with Gasteiger partial charge < -0.3 is 4.90 Å². The van der Waals surface area contributed by atoms with Gasteiger partial charge in [-0.25, -0.2) is 17.5 Å². The molecule has 7 nitrogen and oxygen atoms in total. The maximum Gasteiger partial charge on any atom is 0.258 e. The van der Waals surface area contributed by atoms with Gasteiger partial charge in [0, 0.05) is 26.2 Å². The van der Waals surface area contributed by atoms with Crippen molar-refractivity contribution in [1.29, 1.82) is 0 Å². The first-order valence-corrected chi connectivity index (χ1v) is 12.1. The van der Waals surface area contributed by atoms with Gasteiger partial charge in [-0.05, 0) is 36.8 Å². The summed E-state index contributed by atoms with van der Waals surface area (Å²) in [5.74, 6) is -0.761. The van der Waals surface area contributed by atoms with Crippen LogP contribution in [0.4, 0.5) is 4.39 Å². The molecule has 0 saturated carbocycles. The number of aryl methyl sites for hydroxylation is 1. The number of nitrogens with zero attached hydrogens (tertiary/aromatic N) is 4. The highest BCUT2D eigenvalue weighted by molar-refractivity contribution is 7.88. The van der Waals surface area contributed by atoms with Gasteiger partial charge in [0.05, 0.1) is 22.7 Å². The number of carbonyl (C=O) groups is 1. The molecule has 1 amide bonds.